The van der Waals surface area contributed by atoms with E-state index in [4.69, 9.17) is 9.72 Å². The first-order valence-electron chi connectivity index (χ1n) is 10.4. The highest BCUT2D eigenvalue weighted by Gasteiger charge is 2.13. The van der Waals surface area contributed by atoms with Gasteiger partial charge in [0.15, 0.2) is 0 Å². The molecule has 1 aliphatic rings. The van der Waals surface area contributed by atoms with Crippen molar-refractivity contribution in [1.29, 1.82) is 0 Å². The molecule has 0 atom stereocenters. The molecular formula is C25H24N4O. The molecule has 5 rings (SSSR count). The highest BCUT2D eigenvalue weighted by Crippen LogP contribution is 2.28. The lowest BCUT2D eigenvalue weighted by molar-refractivity contribution is 0.0904. The van der Waals surface area contributed by atoms with Crippen LogP contribution in [0.25, 0.3) is 22.0 Å². The molecular weight excluding hydrogens is 372 g/mol. The lowest BCUT2D eigenvalue weighted by Crippen LogP contribution is -2.27. The summed E-state index contributed by atoms with van der Waals surface area (Å²) in [5.74, 6) is 0.594. The molecule has 5 nitrogen and oxygen atoms in total. The number of benzene rings is 3. The van der Waals surface area contributed by atoms with Gasteiger partial charge in [0.2, 0.25) is 5.95 Å². The highest BCUT2D eigenvalue weighted by atomic mass is 16.5. The topological polar surface area (TPSA) is 59.1 Å². The van der Waals surface area contributed by atoms with Crippen LogP contribution in [0.1, 0.15) is 12.8 Å². The second-order valence-electron chi connectivity index (χ2n) is 7.54. The molecule has 3 aromatic carbocycles. The van der Waals surface area contributed by atoms with Crippen LogP contribution in [0.15, 0.2) is 79.0 Å². The van der Waals surface area contributed by atoms with Crippen LogP contribution in [0.2, 0.25) is 0 Å². The van der Waals surface area contributed by atoms with E-state index >= 15 is 0 Å². The van der Waals surface area contributed by atoms with E-state index in [0.29, 0.717) is 12.0 Å². The lowest BCUT2D eigenvalue weighted by atomic mass is 10.0. The van der Waals surface area contributed by atoms with Crippen molar-refractivity contribution in [2.24, 2.45) is 0 Å². The number of aromatic nitrogens is 2. The normalized spacial score (nSPS) is 14.5. The molecule has 0 saturated carbocycles. The fraction of sp³-hybridized carbons (Fsp3) is 0.200. The minimum absolute atomic E-state index is 0.484. The largest absolute Gasteiger partial charge is 0.382 e. The second kappa shape index (κ2) is 8.51. The predicted molar refractivity (Wildman–Crippen MR) is 122 cm³/mol. The van der Waals surface area contributed by atoms with Gasteiger partial charge in [0.1, 0.15) is 0 Å². The number of para-hydroxylation sites is 1. The molecule has 2 N–H and O–H groups in total. The standard InChI is InChI=1S/C25H24N4O/c1-2-5-18(6-3-1)23-8-4-7-19-17-26-25(29-24(19)23)28-21-11-9-20(10-12-21)27-22-13-15-30-16-14-22/h1-12,17,22,27H,13-16H2,(H,26,28,29). The van der Waals surface area contributed by atoms with Gasteiger partial charge in [-0.3, -0.25) is 0 Å². The molecule has 2 heterocycles. The Labute approximate surface area is 176 Å². The third-order valence-corrected chi connectivity index (χ3v) is 5.43. The minimum Gasteiger partial charge on any atom is -0.382 e. The summed E-state index contributed by atoms with van der Waals surface area (Å²) in [5.41, 5.74) is 5.28. The van der Waals surface area contributed by atoms with Crippen molar-refractivity contribution >= 4 is 28.2 Å². The number of rotatable bonds is 5. The van der Waals surface area contributed by atoms with E-state index in [0.717, 1.165) is 59.5 Å². The van der Waals surface area contributed by atoms with E-state index in [2.05, 4.69) is 58.1 Å². The van der Waals surface area contributed by atoms with Crippen LogP contribution in [0.5, 0.6) is 0 Å². The van der Waals surface area contributed by atoms with Crippen molar-refractivity contribution in [2.75, 3.05) is 23.8 Å². The maximum absolute atomic E-state index is 5.43. The first-order chi connectivity index (χ1) is 14.8. The Hall–Kier alpha value is -3.44. The Kier molecular flexibility index (Phi) is 5.27. The van der Waals surface area contributed by atoms with Crippen molar-refractivity contribution in [1.82, 2.24) is 9.97 Å². The second-order valence-corrected chi connectivity index (χ2v) is 7.54. The summed E-state index contributed by atoms with van der Waals surface area (Å²) >= 11 is 0. The Balaban J connectivity index is 1.36. The van der Waals surface area contributed by atoms with Crippen molar-refractivity contribution in [3.63, 3.8) is 0 Å². The Morgan fingerprint density at radius 2 is 1.57 bits per heavy atom. The smallest absolute Gasteiger partial charge is 0.227 e. The van der Waals surface area contributed by atoms with Crippen LogP contribution in [-0.4, -0.2) is 29.2 Å². The number of nitrogens with one attached hydrogen (secondary N) is 2. The van der Waals surface area contributed by atoms with E-state index in [1.807, 2.05) is 36.5 Å². The van der Waals surface area contributed by atoms with E-state index in [9.17, 15) is 0 Å². The quantitative estimate of drug-likeness (QED) is 0.458. The van der Waals surface area contributed by atoms with Gasteiger partial charge in [-0.2, -0.15) is 0 Å². The summed E-state index contributed by atoms with van der Waals surface area (Å²) in [7, 11) is 0. The third-order valence-electron chi connectivity index (χ3n) is 5.43. The Bertz CT molecular complexity index is 1120. The molecule has 0 spiro atoms. The summed E-state index contributed by atoms with van der Waals surface area (Å²) < 4.78 is 5.43. The molecule has 0 radical (unpaired) electrons. The van der Waals surface area contributed by atoms with Gasteiger partial charge in [-0.25, -0.2) is 9.97 Å². The van der Waals surface area contributed by atoms with Gasteiger partial charge in [0.25, 0.3) is 0 Å². The molecule has 1 aliphatic heterocycles. The van der Waals surface area contributed by atoms with Gasteiger partial charge < -0.3 is 15.4 Å². The maximum Gasteiger partial charge on any atom is 0.227 e. The molecule has 0 aliphatic carbocycles. The van der Waals surface area contributed by atoms with Gasteiger partial charge in [0.05, 0.1) is 5.52 Å². The first kappa shape index (κ1) is 18.6. The molecule has 1 saturated heterocycles. The van der Waals surface area contributed by atoms with E-state index < -0.39 is 0 Å². The van der Waals surface area contributed by atoms with Crippen LogP contribution in [-0.2, 0) is 4.74 Å². The maximum atomic E-state index is 5.43. The van der Waals surface area contributed by atoms with Crippen LogP contribution >= 0.6 is 0 Å². The zero-order valence-corrected chi connectivity index (χ0v) is 16.7. The number of ether oxygens (including phenoxy) is 1. The molecule has 1 fully saturated rings. The fourth-order valence-electron chi connectivity index (χ4n) is 3.82. The van der Waals surface area contributed by atoms with Crippen molar-refractivity contribution in [2.45, 2.75) is 18.9 Å². The fourth-order valence-corrected chi connectivity index (χ4v) is 3.82. The summed E-state index contributed by atoms with van der Waals surface area (Å²) in [6.07, 6.45) is 3.97. The van der Waals surface area contributed by atoms with Gasteiger partial charge in [0, 0.05) is 47.8 Å². The molecule has 5 heteroatoms. The van der Waals surface area contributed by atoms with Gasteiger partial charge in [-0.05, 0) is 42.7 Å². The first-order valence-corrected chi connectivity index (χ1v) is 10.4. The average Bonchev–Trinajstić information content (AvgIpc) is 2.81. The van der Waals surface area contributed by atoms with Crippen LogP contribution in [0.3, 0.4) is 0 Å². The number of anilines is 3. The summed E-state index contributed by atoms with van der Waals surface area (Å²) in [6.45, 7) is 1.67. The number of fused-ring (bicyclic) bond motifs is 1. The van der Waals surface area contributed by atoms with E-state index in [1.165, 1.54) is 0 Å². The van der Waals surface area contributed by atoms with Gasteiger partial charge in [-0.1, -0.05) is 48.5 Å². The molecule has 0 amide bonds. The van der Waals surface area contributed by atoms with E-state index in [-0.39, 0.29) is 0 Å². The average molecular weight is 396 g/mol. The van der Waals surface area contributed by atoms with Gasteiger partial charge in [-0.15, -0.1) is 0 Å². The highest BCUT2D eigenvalue weighted by molar-refractivity contribution is 5.93. The van der Waals surface area contributed by atoms with Crippen LogP contribution < -0.4 is 10.6 Å². The van der Waals surface area contributed by atoms with Crippen molar-refractivity contribution in [3.05, 3.63) is 79.0 Å². The summed E-state index contributed by atoms with van der Waals surface area (Å²) in [4.78, 5) is 9.31. The van der Waals surface area contributed by atoms with Crippen molar-refractivity contribution < 1.29 is 4.74 Å². The monoisotopic (exact) mass is 396 g/mol. The number of hydrogen-bond acceptors (Lipinski definition) is 5. The molecule has 150 valence electrons. The molecule has 30 heavy (non-hydrogen) atoms. The number of hydrogen-bond donors (Lipinski definition) is 2. The van der Waals surface area contributed by atoms with Crippen molar-refractivity contribution in [3.8, 4) is 11.1 Å². The van der Waals surface area contributed by atoms with Gasteiger partial charge >= 0.3 is 0 Å². The Morgan fingerprint density at radius 3 is 2.37 bits per heavy atom. The zero-order chi connectivity index (χ0) is 20.2. The lowest BCUT2D eigenvalue weighted by Gasteiger charge is -2.24. The zero-order valence-electron chi connectivity index (χ0n) is 16.7. The Morgan fingerprint density at radius 1 is 0.800 bits per heavy atom. The summed E-state index contributed by atoms with van der Waals surface area (Å²) in [6, 6.07) is 25.3. The molecule has 0 unspecified atom stereocenters. The molecule has 0 bridgehead atoms. The summed E-state index contributed by atoms with van der Waals surface area (Å²) in [5, 5.41) is 7.94. The van der Waals surface area contributed by atoms with E-state index in [1.54, 1.807) is 0 Å². The minimum atomic E-state index is 0.484. The number of nitrogens with zero attached hydrogens (tertiary/aromatic N) is 2. The molecule has 4 aromatic rings. The SMILES string of the molecule is c1ccc(-c2cccc3cnc(Nc4ccc(NC5CCOCC5)cc4)nc23)cc1. The van der Waals surface area contributed by atoms with Crippen LogP contribution in [0.4, 0.5) is 17.3 Å². The predicted octanol–water partition coefficient (Wildman–Crippen LogP) is 5.63. The molecule has 1 aromatic heterocycles. The third kappa shape index (κ3) is 4.11. The van der Waals surface area contributed by atoms with Crippen LogP contribution in [0, 0.1) is 0 Å².